The molecule has 0 unspecified atom stereocenters. The van der Waals surface area contributed by atoms with E-state index < -0.39 is 0 Å². The Morgan fingerprint density at radius 1 is 1.09 bits per heavy atom. The van der Waals surface area contributed by atoms with Gasteiger partial charge in [0.15, 0.2) is 0 Å². The van der Waals surface area contributed by atoms with E-state index in [1.807, 2.05) is 42.5 Å². The SMILES string of the molecule is COc1cccc(-c2nnc(CNc3ccccc3C)o2)c1. The number of aryl methyl sites for hydroxylation is 1. The number of methoxy groups -OCH3 is 1. The van der Waals surface area contributed by atoms with E-state index in [2.05, 4.69) is 28.5 Å². The molecule has 1 N–H and O–H groups in total. The van der Waals surface area contributed by atoms with Crippen LogP contribution in [0.1, 0.15) is 11.5 Å². The highest BCUT2D eigenvalue weighted by Crippen LogP contribution is 2.23. The number of nitrogens with zero attached hydrogens (tertiary/aromatic N) is 2. The molecule has 0 saturated heterocycles. The van der Waals surface area contributed by atoms with Crippen LogP contribution in [-0.4, -0.2) is 17.3 Å². The number of rotatable bonds is 5. The van der Waals surface area contributed by atoms with Crippen LogP contribution in [0.2, 0.25) is 0 Å². The predicted octanol–water partition coefficient (Wildman–Crippen LogP) is 3.67. The first-order valence-corrected chi connectivity index (χ1v) is 7.02. The lowest BCUT2D eigenvalue weighted by atomic mass is 10.2. The topological polar surface area (TPSA) is 60.2 Å². The van der Waals surface area contributed by atoms with Gasteiger partial charge < -0.3 is 14.5 Å². The van der Waals surface area contributed by atoms with Crippen LogP contribution in [0.25, 0.3) is 11.5 Å². The largest absolute Gasteiger partial charge is 0.497 e. The molecule has 0 aliphatic carbocycles. The second-order valence-corrected chi connectivity index (χ2v) is 4.90. The molecule has 0 spiro atoms. The third-order valence-corrected chi connectivity index (χ3v) is 3.36. The van der Waals surface area contributed by atoms with Gasteiger partial charge in [-0.05, 0) is 36.8 Å². The molecule has 3 rings (SSSR count). The Morgan fingerprint density at radius 2 is 1.95 bits per heavy atom. The number of hydrogen-bond acceptors (Lipinski definition) is 5. The van der Waals surface area contributed by atoms with Gasteiger partial charge in [0, 0.05) is 11.3 Å². The number of nitrogens with one attached hydrogen (secondary N) is 1. The van der Waals surface area contributed by atoms with Gasteiger partial charge in [0.2, 0.25) is 11.8 Å². The van der Waals surface area contributed by atoms with Crippen molar-refractivity contribution in [2.24, 2.45) is 0 Å². The zero-order valence-electron chi connectivity index (χ0n) is 12.5. The third-order valence-electron chi connectivity index (χ3n) is 3.36. The van der Waals surface area contributed by atoms with Gasteiger partial charge in [0.1, 0.15) is 5.75 Å². The van der Waals surface area contributed by atoms with Crippen molar-refractivity contribution in [2.75, 3.05) is 12.4 Å². The Labute approximate surface area is 129 Å². The predicted molar refractivity (Wildman–Crippen MR) is 84.8 cm³/mol. The third kappa shape index (κ3) is 3.09. The summed E-state index contributed by atoms with van der Waals surface area (Å²) in [6, 6.07) is 15.6. The van der Waals surface area contributed by atoms with Gasteiger partial charge in [-0.1, -0.05) is 24.3 Å². The minimum absolute atomic E-state index is 0.487. The number of aromatic nitrogens is 2. The van der Waals surface area contributed by atoms with Crippen molar-refractivity contribution in [3.05, 3.63) is 60.0 Å². The van der Waals surface area contributed by atoms with Crippen molar-refractivity contribution < 1.29 is 9.15 Å². The van der Waals surface area contributed by atoms with Crippen LogP contribution < -0.4 is 10.1 Å². The Balaban J connectivity index is 1.72. The average molecular weight is 295 g/mol. The summed E-state index contributed by atoms with van der Waals surface area (Å²) in [6.45, 7) is 2.54. The maximum atomic E-state index is 5.69. The van der Waals surface area contributed by atoms with Crippen LogP contribution in [0, 0.1) is 6.92 Å². The molecule has 22 heavy (non-hydrogen) atoms. The fourth-order valence-electron chi connectivity index (χ4n) is 2.14. The van der Waals surface area contributed by atoms with Crippen molar-refractivity contribution in [3.63, 3.8) is 0 Å². The number of para-hydroxylation sites is 1. The van der Waals surface area contributed by atoms with Crippen LogP contribution in [0.15, 0.2) is 52.9 Å². The second-order valence-electron chi connectivity index (χ2n) is 4.90. The minimum atomic E-state index is 0.487. The van der Waals surface area contributed by atoms with E-state index in [0.29, 0.717) is 18.3 Å². The summed E-state index contributed by atoms with van der Waals surface area (Å²) in [7, 11) is 1.63. The molecule has 0 radical (unpaired) electrons. The summed E-state index contributed by atoms with van der Waals surface area (Å²) in [5, 5.41) is 11.5. The van der Waals surface area contributed by atoms with E-state index in [0.717, 1.165) is 17.0 Å². The summed E-state index contributed by atoms with van der Waals surface area (Å²) >= 11 is 0. The van der Waals surface area contributed by atoms with Crippen LogP contribution in [0.3, 0.4) is 0 Å². The molecule has 0 aliphatic heterocycles. The molecule has 0 atom stereocenters. The summed E-state index contributed by atoms with van der Waals surface area (Å²) in [5.74, 6) is 1.79. The van der Waals surface area contributed by atoms with Crippen LogP contribution >= 0.6 is 0 Å². The van der Waals surface area contributed by atoms with E-state index >= 15 is 0 Å². The number of benzene rings is 2. The molecule has 3 aromatic rings. The molecule has 5 heteroatoms. The van der Waals surface area contributed by atoms with Crippen molar-refractivity contribution in [2.45, 2.75) is 13.5 Å². The fourth-order valence-corrected chi connectivity index (χ4v) is 2.14. The number of ether oxygens (including phenoxy) is 1. The molecular formula is C17H17N3O2. The maximum Gasteiger partial charge on any atom is 0.247 e. The first kappa shape index (κ1) is 14.1. The van der Waals surface area contributed by atoms with E-state index in [1.54, 1.807) is 7.11 Å². The van der Waals surface area contributed by atoms with Crippen LogP contribution in [-0.2, 0) is 6.54 Å². The number of hydrogen-bond donors (Lipinski definition) is 1. The Kier molecular flexibility index (Phi) is 4.05. The van der Waals surface area contributed by atoms with Crippen molar-refractivity contribution in [1.82, 2.24) is 10.2 Å². The lowest BCUT2D eigenvalue weighted by molar-refractivity contribution is 0.414. The van der Waals surface area contributed by atoms with E-state index in [-0.39, 0.29) is 0 Å². The Bertz CT molecular complexity index is 768. The van der Waals surface area contributed by atoms with Gasteiger partial charge in [0.25, 0.3) is 0 Å². The molecule has 0 fully saturated rings. The van der Waals surface area contributed by atoms with Gasteiger partial charge in [-0.3, -0.25) is 0 Å². The fraction of sp³-hybridized carbons (Fsp3) is 0.176. The lowest BCUT2D eigenvalue weighted by Crippen LogP contribution is -2.00. The van der Waals surface area contributed by atoms with E-state index in [4.69, 9.17) is 9.15 Å². The molecule has 5 nitrogen and oxygen atoms in total. The monoisotopic (exact) mass is 295 g/mol. The highest BCUT2D eigenvalue weighted by atomic mass is 16.5. The van der Waals surface area contributed by atoms with Crippen LogP contribution in [0.5, 0.6) is 5.75 Å². The summed E-state index contributed by atoms with van der Waals surface area (Å²) < 4.78 is 10.9. The molecule has 1 heterocycles. The van der Waals surface area contributed by atoms with Gasteiger partial charge in [0.05, 0.1) is 13.7 Å². The van der Waals surface area contributed by atoms with E-state index in [1.165, 1.54) is 5.56 Å². The summed E-state index contributed by atoms with van der Waals surface area (Å²) in [5.41, 5.74) is 3.08. The second kappa shape index (κ2) is 6.30. The molecule has 112 valence electrons. The normalized spacial score (nSPS) is 10.5. The molecule has 0 saturated carbocycles. The summed E-state index contributed by atoms with van der Waals surface area (Å²) in [6.07, 6.45) is 0. The molecule has 0 aliphatic rings. The van der Waals surface area contributed by atoms with Gasteiger partial charge in [-0.25, -0.2) is 0 Å². The van der Waals surface area contributed by atoms with E-state index in [9.17, 15) is 0 Å². The molecule has 2 aromatic carbocycles. The summed E-state index contributed by atoms with van der Waals surface area (Å²) in [4.78, 5) is 0. The molecular weight excluding hydrogens is 278 g/mol. The molecule has 0 amide bonds. The molecule has 0 bridgehead atoms. The van der Waals surface area contributed by atoms with Crippen LogP contribution in [0.4, 0.5) is 5.69 Å². The van der Waals surface area contributed by atoms with Gasteiger partial charge in [-0.2, -0.15) is 0 Å². The lowest BCUT2D eigenvalue weighted by Gasteiger charge is -2.06. The first-order chi connectivity index (χ1) is 10.8. The minimum Gasteiger partial charge on any atom is -0.497 e. The number of anilines is 1. The Morgan fingerprint density at radius 3 is 2.77 bits per heavy atom. The van der Waals surface area contributed by atoms with Crippen molar-refractivity contribution in [3.8, 4) is 17.2 Å². The first-order valence-electron chi connectivity index (χ1n) is 7.02. The zero-order chi connectivity index (χ0) is 15.4. The standard InChI is InChI=1S/C17H17N3O2/c1-12-6-3-4-9-15(12)18-11-16-19-20-17(22-16)13-7-5-8-14(10-13)21-2/h3-10,18H,11H2,1-2H3. The van der Waals surface area contributed by atoms with Crippen molar-refractivity contribution >= 4 is 5.69 Å². The highest BCUT2D eigenvalue weighted by Gasteiger charge is 2.09. The zero-order valence-corrected chi connectivity index (χ0v) is 12.5. The average Bonchev–Trinajstić information content (AvgIpc) is 3.03. The smallest absolute Gasteiger partial charge is 0.247 e. The Hall–Kier alpha value is -2.82. The van der Waals surface area contributed by atoms with Gasteiger partial charge in [-0.15, -0.1) is 10.2 Å². The van der Waals surface area contributed by atoms with Crippen molar-refractivity contribution in [1.29, 1.82) is 0 Å². The van der Waals surface area contributed by atoms with Gasteiger partial charge >= 0.3 is 0 Å². The molecule has 1 aromatic heterocycles. The maximum absolute atomic E-state index is 5.69. The highest BCUT2D eigenvalue weighted by molar-refractivity contribution is 5.55. The quantitative estimate of drug-likeness (QED) is 0.778.